The third kappa shape index (κ3) is 2.82. The van der Waals surface area contributed by atoms with Gasteiger partial charge in [-0.3, -0.25) is 9.48 Å². The van der Waals surface area contributed by atoms with Crippen molar-refractivity contribution in [1.29, 1.82) is 0 Å². The molecule has 0 unspecified atom stereocenters. The minimum atomic E-state index is 0.191. The fourth-order valence-corrected chi connectivity index (χ4v) is 1.77. The van der Waals surface area contributed by atoms with Crippen molar-refractivity contribution in [2.45, 2.75) is 19.9 Å². The zero-order valence-electron chi connectivity index (χ0n) is 9.56. The number of hydrogen-bond acceptors (Lipinski definition) is 3. The summed E-state index contributed by atoms with van der Waals surface area (Å²) in [7, 11) is 0. The van der Waals surface area contributed by atoms with Gasteiger partial charge in [-0.1, -0.05) is 0 Å². The maximum Gasteiger partial charge on any atom is 0.224 e. The Morgan fingerprint density at radius 2 is 2.25 bits per heavy atom. The number of nitrogens with zero attached hydrogens (tertiary/aromatic N) is 3. The molecule has 1 aromatic heterocycles. The normalized spacial score (nSPS) is 16.4. The number of aromatic nitrogens is 2. The largest absolute Gasteiger partial charge is 0.378 e. The minimum Gasteiger partial charge on any atom is -0.378 e. The van der Waals surface area contributed by atoms with Crippen LogP contribution in [0.5, 0.6) is 0 Å². The lowest BCUT2D eigenvalue weighted by molar-refractivity contribution is -0.135. The molecule has 1 aliphatic heterocycles. The van der Waals surface area contributed by atoms with E-state index < -0.39 is 0 Å². The standard InChI is InChI=1S/C11H17N3O2/c1-10-2-4-14(12-10)5-3-11(15)13-6-8-16-9-7-13/h2,4H,3,5-9H2,1H3. The SMILES string of the molecule is Cc1ccn(CCC(=O)N2CCOCC2)n1. The number of hydrogen-bond donors (Lipinski definition) is 0. The van der Waals surface area contributed by atoms with Crippen LogP contribution >= 0.6 is 0 Å². The highest BCUT2D eigenvalue weighted by Gasteiger charge is 2.16. The summed E-state index contributed by atoms with van der Waals surface area (Å²) in [5.74, 6) is 0.191. The van der Waals surface area contributed by atoms with Crippen LogP contribution in [-0.4, -0.2) is 46.9 Å². The smallest absolute Gasteiger partial charge is 0.224 e. The number of carbonyl (C=O) groups excluding carboxylic acids is 1. The van der Waals surface area contributed by atoms with Gasteiger partial charge >= 0.3 is 0 Å². The van der Waals surface area contributed by atoms with Crippen molar-refractivity contribution in [2.75, 3.05) is 26.3 Å². The van der Waals surface area contributed by atoms with E-state index in [-0.39, 0.29) is 5.91 Å². The average Bonchev–Trinajstić information content (AvgIpc) is 2.73. The number of rotatable bonds is 3. The summed E-state index contributed by atoms with van der Waals surface area (Å²) in [6, 6.07) is 1.94. The Kier molecular flexibility index (Phi) is 3.56. The fraction of sp³-hybridized carbons (Fsp3) is 0.636. The third-order valence-electron chi connectivity index (χ3n) is 2.69. The molecule has 1 aromatic rings. The van der Waals surface area contributed by atoms with Gasteiger partial charge in [0.1, 0.15) is 0 Å². The number of ether oxygens (including phenoxy) is 1. The molecule has 5 nitrogen and oxygen atoms in total. The first-order valence-electron chi connectivity index (χ1n) is 5.61. The van der Waals surface area contributed by atoms with Crippen LogP contribution in [0.1, 0.15) is 12.1 Å². The molecular weight excluding hydrogens is 206 g/mol. The lowest BCUT2D eigenvalue weighted by Crippen LogP contribution is -2.40. The van der Waals surface area contributed by atoms with E-state index in [1.807, 2.05) is 28.8 Å². The average molecular weight is 223 g/mol. The predicted octanol–water partition coefficient (Wildman–Crippen LogP) is 0.440. The van der Waals surface area contributed by atoms with Gasteiger partial charge in [0.15, 0.2) is 0 Å². The van der Waals surface area contributed by atoms with Gasteiger partial charge in [-0.05, 0) is 13.0 Å². The molecule has 16 heavy (non-hydrogen) atoms. The van der Waals surface area contributed by atoms with Gasteiger partial charge < -0.3 is 9.64 Å². The molecule has 0 saturated carbocycles. The van der Waals surface area contributed by atoms with Gasteiger partial charge in [-0.25, -0.2) is 0 Å². The molecule has 1 saturated heterocycles. The van der Waals surface area contributed by atoms with E-state index in [9.17, 15) is 4.79 Å². The van der Waals surface area contributed by atoms with Crippen LogP contribution < -0.4 is 0 Å². The molecule has 0 aromatic carbocycles. The molecule has 1 amide bonds. The van der Waals surface area contributed by atoms with Crippen molar-refractivity contribution in [2.24, 2.45) is 0 Å². The van der Waals surface area contributed by atoms with E-state index in [1.54, 1.807) is 0 Å². The van der Waals surface area contributed by atoms with Gasteiger partial charge in [-0.2, -0.15) is 5.10 Å². The highest BCUT2D eigenvalue weighted by Crippen LogP contribution is 2.02. The first-order chi connectivity index (χ1) is 7.75. The van der Waals surface area contributed by atoms with Crippen molar-refractivity contribution < 1.29 is 9.53 Å². The van der Waals surface area contributed by atoms with Crippen molar-refractivity contribution in [3.8, 4) is 0 Å². The van der Waals surface area contributed by atoms with Gasteiger partial charge in [0.25, 0.3) is 0 Å². The fourth-order valence-electron chi connectivity index (χ4n) is 1.77. The van der Waals surface area contributed by atoms with Crippen LogP contribution in [0, 0.1) is 6.92 Å². The van der Waals surface area contributed by atoms with Crippen LogP contribution in [0.25, 0.3) is 0 Å². The number of aryl methyl sites for hydroxylation is 2. The van der Waals surface area contributed by atoms with Crippen LogP contribution in [0.15, 0.2) is 12.3 Å². The summed E-state index contributed by atoms with van der Waals surface area (Å²) >= 11 is 0. The predicted molar refractivity (Wildman–Crippen MR) is 59.0 cm³/mol. The van der Waals surface area contributed by atoms with Gasteiger partial charge in [0.2, 0.25) is 5.91 Å². The molecule has 0 radical (unpaired) electrons. The molecule has 2 rings (SSSR count). The molecule has 88 valence electrons. The van der Waals surface area contributed by atoms with Gasteiger partial charge in [-0.15, -0.1) is 0 Å². The number of carbonyl (C=O) groups is 1. The molecule has 0 spiro atoms. The minimum absolute atomic E-state index is 0.191. The second kappa shape index (κ2) is 5.12. The molecule has 1 aliphatic rings. The number of morpholine rings is 1. The maximum absolute atomic E-state index is 11.8. The summed E-state index contributed by atoms with van der Waals surface area (Å²) < 4.78 is 7.02. The Bertz CT molecular complexity index is 356. The third-order valence-corrected chi connectivity index (χ3v) is 2.69. The van der Waals surface area contributed by atoms with E-state index in [2.05, 4.69) is 5.10 Å². The number of amides is 1. The van der Waals surface area contributed by atoms with Crippen molar-refractivity contribution in [3.63, 3.8) is 0 Å². The van der Waals surface area contributed by atoms with Crippen molar-refractivity contribution in [1.82, 2.24) is 14.7 Å². The second-order valence-electron chi connectivity index (χ2n) is 3.96. The van der Waals surface area contributed by atoms with E-state index >= 15 is 0 Å². The lowest BCUT2D eigenvalue weighted by Gasteiger charge is -2.26. The highest BCUT2D eigenvalue weighted by atomic mass is 16.5. The first-order valence-corrected chi connectivity index (χ1v) is 5.61. The van der Waals surface area contributed by atoms with Crippen LogP contribution in [-0.2, 0) is 16.1 Å². The molecule has 0 atom stereocenters. The first kappa shape index (κ1) is 11.1. The summed E-state index contributed by atoms with van der Waals surface area (Å²) in [4.78, 5) is 13.7. The monoisotopic (exact) mass is 223 g/mol. The Balaban J connectivity index is 1.78. The molecular formula is C11H17N3O2. The quantitative estimate of drug-likeness (QED) is 0.747. The van der Waals surface area contributed by atoms with Crippen LogP contribution in [0.3, 0.4) is 0 Å². The molecule has 1 fully saturated rings. The summed E-state index contributed by atoms with van der Waals surface area (Å²) in [5, 5.41) is 4.25. The van der Waals surface area contributed by atoms with Crippen LogP contribution in [0.2, 0.25) is 0 Å². The molecule has 0 N–H and O–H groups in total. The van der Waals surface area contributed by atoms with Crippen molar-refractivity contribution >= 4 is 5.91 Å². The highest BCUT2D eigenvalue weighted by molar-refractivity contribution is 5.76. The zero-order chi connectivity index (χ0) is 11.4. The van der Waals surface area contributed by atoms with Gasteiger partial charge in [0, 0.05) is 32.3 Å². The second-order valence-corrected chi connectivity index (χ2v) is 3.96. The van der Waals surface area contributed by atoms with E-state index in [0.29, 0.717) is 26.2 Å². The Labute approximate surface area is 95.0 Å². The Morgan fingerprint density at radius 1 is 1.50 bits per heavy atom. The van der Waals surface area contributed by atoms with Crippen LogP contribution in [0.4, 0.5) is 0 Å². The molecule has 0 bridgehead atoms. The van der Waals surface area contributed by atoms with Crippen molar-refractivity contribution in [3.05, 3.63) is 18.0 Å². The molecule has 5 heteroatoms. The summed E-state index contributed by atoms with van der Waals surface area (Å²) in [6.45, 7) is 5.36. The maximum atomic E-state index is 11.8. The lowest BCUT2D eigenvalue weighted by atomic mass is 10.3. The van der Waals surface area contributed by atoms with Gasteiger partial charge in [0.05, 0.1) is 18.9 Å². The molecule has 2 heterocycles. The summed E-state index contributed by atoms with van der Waals surface area (Å²) in [6.07, 6.45) is 2.42. The molecule has 0 aliphatic carbocycles. The Morgan fingerprint density at radius 3 is 2.88 bits per heavy atom. The topological polar surface area (TPSA) is 47.4 Å². The summed E-state index contributed by atoms with van der Waals surface area (Å²) in [5.41, 5.74) is 0.985. The van der Waals surface area contributed by atoms with E-state index in [0.717, 1.165) is 18.8 Å². The van der Waals surface area contributed by atoms with E-state index in [4.69, 9.17) is 4.74 Å². The van der Waals surface area contributed by atoms with E-state index in [1.165, 1.54) is 0 Å². The Hall–Kier alpha value is -1.36. The zero-order valence-corrected chi connectivity index (χ0v) is 9.56.